The van der Waals surface area contributed by atoms with E-state index in [1.165, 1.54) is 0 Å². The van der Waals surface area contributed by atoms with Crippen LogP contribution >= 0.6 is 0 Å². The standard InChI is InChI=1S/C7H13N3/c1-8-4-2-3-7-9-5-6-10-7/h5-6,8H,2-4H2,1H3,(H,9,10). The number of hydrogen-bond donors (Lipinski definition) is 2. The van der Waals surface area contributed by atoms with Gasteiger partial charge in [0.1, 0.15) is 5.82 Å². The Morgan fingerprint density at radius 2 is 2.60 bits per heavy atom. The quantitative estimate of drug-likeness (QED) is 0.598. The van der Waals surface area contributed by atoms with Crippen LogP contribution in [0.5, 0.6) is 0 Å². The lowest BCUT2D eigenvalue weighted by molar-refractivity contribution is 0.707. The van der Waals surface area contributed by atoms with Crippen molar-refractivity contribution >= 4 is 0 Å². The molecule has 3 heteroatoms. The lowest BCUT2D eigenvalue weighted by Crippen LogP contribution is -2.08. The molecule has 1 rings (SSSR count). The van der Waals surface area contributed by atoms with Crippen LogP contribution < -0.4 is 5.32 Å². The zero-order valence-electron chi connectivity index (χ0n) is 6.22. The number of aryl methyl sites for hydroxylation is 1. The van der Waals surface area contributed by atoms with E-state index in [1.807, 2.05) is 13.2 Å². The highest BCUT2D eigenvalue weighted by Gasteiger charge is 1.91. The molecule has 0 saturated heterocycles. The van der Waals surface area contributed by atoms with Crippen molar-refractivity contribution in [3.05, 3.63) is 18.2 Å². The van der Waals surface area contributed by atoms with Crippen LogP contribution in [0.25, 0.3) is 0 Å². The Morgan fingerprint density at radius 3 is 3.20 bits per heavy atom. The van der Waals surface area contributed by atoms with E-state index >= 15 is 0 Å². The molecule has 0 atom stereocenters. The van der Waals surface area contributed by atoms with E-state index in [-0.39, 0.29) is 0 Å². The van der Waals surface area contributed by atoms with Crippen LogP contribution in [0.4, 0.5) is 0 Å². The molecular formula is C7H13N3. The minimum Gasteiger partial charge on any atom is -0.349 e. The average molecular weight is 139 g/mol. The monoisotopic (exact) mass is 139 g/mol. The van der Waals surface area contributed by atoms with Gasteiger partial charge in [0.25, 0.3) is 0 Å². The van der Waals surface area contributed by atoms with Crippen molar-refractivity contribution in [1.82, 2.24) is 15.3 Å². The molecule has 0 spiro atoms. The molecule has 0 radical (unpaired) electrons. The van der Waals surface area contributed by atoms with Gasteiger partial charge in [0.15, 0.2) is 0 Å². The maximum Gasteiger partial charge on any atom is 0.106 e. The summed E-state index contributed by atoms with van der Waals surface area (Å²) >= 11 is 0. The molecule has 1 aromatic heterocycles. The summed E-state index contributed by atoms with van der Waals surface area (Å²) in [6.45, 7) is 1.06. The number of nitrogens with zero attached hydrogens (tertiary/aromatic N) is 1. The van der Waals surface area contributed by atoms with Crippen molar-refractivity contribution < 1.29 is 0 Å². The second-order valence-electron chi connectivity index (χ2n) is 2.24. The molecule has 1 heterocycles. The van der Waals surface area contributed by atoms with E-state index in [4.69, 9.17) is 0 Å². The van der Waals surface area contributed by atoms with Gasteiger partial charge in [0.2, 0.25) is 0 Å². The molecule has 56 valence electrons. The van der Waals surface area contributed by atoms with E-state index in [2.05, 4.69) is 15.3 Å². The Kier molecular flexibility index (Phi) is 2.96. The first-order valence-electron chi connectivity index (χ1n) is 3.56. The SMILES string of the molecule is CNCCCc1ncc[nH]1. The van der Waals surface area contributed by atoms with Crippen LogP contribution in [0, 0.1) is 0 Å². The van der Waals surface area contributed by atoms with Crippen molar-refractivity contribution in [3.63, 3.8) is 0 Å². The third kappa shape index (κ3) is 2.19. The Balaban J connectivity index is 2.15. The van der Waals surface area contributed by atoms with Crippen molar-refractivity contribution in [3.8, 4) is 0 Å². The molecule has 0 saturated carbocycles. The third-order valence-electron chi connectivity index (χ3n) is 1.40. The molecule has 1 aromatic rings. The first kappa shape index (κ1) is 7.28. The van der Waals surface area contributed by atoms with Crippen LogP contribution in [-0.2, 0) is 6.42 Å². The fourth-order valence-corrected chi connectivity index (χ4v) is 0.867. The van der Waals surface area contributed by atoms with Gasteiger partial charge >= 0.3 is 0 Å². The number of rotatable bonds is 4. The maximum atomic E-state index is 4.10. The Labute approximate surface area is 60.9 Å². The topological polar surface area (TPSA) is 40.7 Å². The molecule has 0 amide bonds. The van der Waals surface area contributed by atoms with Gasteiger partial charge < -0.3 is 10.3 Å². The largest absolute Gasteiger partial charge is 0.349 e. The van der Waals surface area contributed by atoms with Crippen LogP contribution in [0.3, 0.4) is 0 Å². The lowest BCUT2D eigenvalue weighted by atomic mass is 10.3. The van der Waals surface area contributed by atoms with Gasteiger partial charge in [-0.2, -0.15) is 0 Å². The summed E-state index contributed by atoms with van der Waals surface area (Å²) in [7, 11) is 1.96. The first-order valence-corrected chi connectivity index (χ1v) is 3.56. The molecular weight excluding hydrogens is 126 g/mol. The molecule has 0 aliphatic rings. The summed E-state index contributed by atoms with van der Waals surface area (Å²) in [5.74, 6) is 1.08. The molecule has 2 N–H and O–H groups in total. The highest BCUT2D eigenvalue weighted by Crippen LogP contribution is 1.92. The summed E-state index contributed by atoms with van der Waals surface area (Å²) in [5, 5.41) is 3.09. The number of nitrogens with one attached hydrogen (secondary N) is 2. The van der Waals surface area contributed by atoms with Crippen LogP contribution in [0.2, 0.25) is 0 Å². The molecule has 0 fully saturated rings. The fraction of sp³-hybridized carbons (Fsp3) is 0.571. The molecule has 0 aliphatic carbocycles. The van der Waals surface area contributed by atoms with Gasteiger partial charge in [0, 0.05) is 18.8 Å². The Bertz CT molecular complexity index is 157. The number of aromatic amines is 1. The predicted octanol–water partition coefficient (Wildman–Crippen LogP) is 0.562. The van der Waals surface area contributed by atoms with Gasteiger partial charge in [-0.1, -0.05) is 0 Å². The zero-order valence-corrected chi connectivity index (χ0v) is 6.22. The molecule has 0 unspecified atom stereocenters. The van der Waals surface area contributed by atoms with E-state index in [0.29, 0.717) is 0 Å². The van der Waals surface area contributed by atoms with Gasteiger partial charge in [-0.15, -0.1) is 0 Å². The Hall–Kier alpha value is -0.830. The smallest absolute Gasteiger partial charge is 0.106 e. The zero-order chi connectivity index (χ0) is 7.23. The Morgan fingerprint density at radius 1 is 1.70 bits per heavy atom. The van der Waals surface area contributed by atoms with E-state index in [1.54, 1.807) is 6.20 Å². The van der Waals surface area contributed by atoms with Gasteiger partial charge in [-0.25, -0.2) is 4.98 Å². The molecule has 3 nitrogen and oxygen atoms in total. The van der Waals surface area contributed by atoms with Crippen LogP contribution in [0.1, 0.15) is 12.2 Å². The summed E-state index contributed by atoms with van der Waals surface area (Å²) in [5.41, 5.74) is 0. The molecule has 10 heavy (non-hydrogen) atoms. The summed E-state index contributed by atoms with van der Waals surface area (Å²) in [6.07, 6.45) is 5.82. The van der Waals surface area contributed by atoms with Gasteiger partial charge in [-0.05, 0) is 20.0 Å². The van der Waals surface area contributed by atoms with Gasteiger partial charge in [-0.3, -0.25) is 0 Å². The normalized spacial score (nSPS) is 10.1. The van der Waals surface area contributed by atoms with Crippen molar-refractivity contribution in [2.45, 2.75) is 12.8 Å². The predicted molar refractivity (Wildman–Crippen MR) is 40.8 cm³/mol. The summed E-state index contributed by atoms with van der Waals surface area (Å²) in [6, 6.07) is 0. The third-order valence-corrected chi connectivity index (χ3v) is 1.40. The number of H-pyrrole nitrogens is 1. The van der Waals surface area contributed by atoms with Gasteiger partial charge in [0.05, 0.1) is 0 Å². The summed E-state index contributed by atoms with van der Waals surface area (Å²) in [4.78, 5) is 7.16. The van der Waals surface area contributed by atoms with Crippen molar-refractivity contribution in [2.24, 2.45) is 0 Å². The number of hydrogen-bond acceptors (Lipinski definition) is 2. The van der Waals surface area contributed by atoms with E-state index < -0.39 is 0 Å². The van der Waals surface area contributed by atoms with Crippen molar-refractivity contribution in [2.75, 3.05) is 13.6 Å². The molecule has 0 aromatic carbocycles. The lowest BCUT2D eigenvalue weighted by Gasteiger charge is -1.95. The number of imidazole rings is 1. The maximum absolute atomic E-state index is 4.10. The van der Waals surface area contributed by atoms with E-state index in [9.17, 15) is 0 Å². The molecule has 0 bridgehead atoms. The highest BCUT2D eigenvalue weighted by atomic mass is 14.9. The molecule has 0 aliphatic heterocycles. The summed E-state index contributed by atoms with van der Waals surface area (Å²) < 4.78 is 0. The van der Waals surface area contributed by atoms with E-state index in [0.717, 1.165) is 25.2 Å². The second kappa shape index (κ2) is 4.06. The minimum absolute atomic E-state index is 1.04. The fourth-order valence-electron chi connectivity index (χ4n) is 0.867. The first-order chi connectivity index (χ1) is 4.93. The second-order valence-corrected chi connectivity index (χ2v) is 2.24. The minimum atomic E-state index is 1.04. The van der Waals surface area contributed by atoms with Crippen molar-refractivity contribution in [1.29, 1.82) is 0 Å². The van der Waals surface area contributed by atoms with Crippen LogP contribution in [0.15, 0.2) is 12.4 Å². The highest BCUT2D eigenvalue weighted by molar-refractivity contribution is 4.86. The van der Waals surface area contributed by atoms with Crippen LogP contribution in [-0.4, -0.2) is 23.6 Å². The number of aromatic nitrogens is 2. The average Bonchev–Trinajstić information content (AvgIpc) is 2.41.